The van der Waals surface area contributed by atoms with E-state index >= 15 is 0 Å². The number of hydrogen-bond donors (Lipinski definition) is 2. The van der Waals surface area contributed by atoms with Gasteiger partial charge in [-0.25, -0.2) is 4.57 Å². The average molecular weight is 758 g/mol. The second kappa shape index (κ2) is 41.1. The number of ether oxygens (including phenoxy) is 2. The van der Waals surface area contributed by atoms with E-state index in [0.29, 0.717) is 13.0 Å². The van der Waals surface area contributed by atoms with Crippen LogP contribution in [0.4, 0.5) is 0 Å². The Balaban J connectivity index is 4.03. The summed E-state index contributed by atoms with van der Waals surface area (Å²) < 4.78 is 33.4. The molecule has 9 heteroatoms. The van der Waals surface area contributed by atoms with Gasteiger partial charge in [-0.1, -0.05) is 160 Å². The molecule has 52 heavy (non-hydrogen) atoms. The van der Waals surface area contributed by atoms with E-state index in [9.17, 15) is 14.3 Å². The molecular formula is C43H84NO7P. The molecule has 3 N–H and O–H groups in total. The van der Waals surface area contributed by atoms with Gasteiger partial charge in [0, 0.05) is 19.6 Å². The number of allylic oxidation sites excluding steroid dienone is 4. The number of nitrogens with two attached hydrogens (primary N) is 1. The Morgan fingerprint density at radius 1 is 0.558 bits per heavy atom. The highest BCUT2D eigenvalue weighted by Gasteiger charge is 2.25. The van der Waals surface area contributed by atoms with Gasteiger partial charge in [0.05, 0.1) is 19.8 Å². The summed E-state index contributed by atoms with van der Waals surface area (Å²) in [6.45, 7) is 4.91. The average Bonchev–Trinajstić information content (AvgIpc) is 3.13. The Hall–Kier alpha value is -1.02. The molecule has 308 valence electrons. The lowest BCUT2D eigenvalue weighted by molar-refractivity contribution is -0.154. The van der Waals surface area contributed by atoms with Crippen LogP contribution in [0.3, 0.4) is 0 Å². The second-order valence-electron chi connectivity index (χ2n) is 14.6. The zero-order chi connectivity index (χ0) is 38.1. The second-order valence-corrected chi connectivity index (χ2v) is 16.0. The van der Waals surface area contributed by atoms with Crippen molar-refractivity contribution in [2.75, 3.05) is 33.0 Å². The molecule has 0 aliphatic rings. The molecule has 0 saturated heterocycles. The SMILES string of the molecule is CCCCCCCCC=CCCCCCCCC(=O)OC(COCCCCCCCCC=CCCCCCCCCCC)COP(=O)(O)OCCN. The van der Waals surface area contributed by atoms with Crippen LogP contribution in [0.15, 0.2) is 24.3 Å². The highest BCUT2D eigenvalue weighted by atomic mass is 31.2. The molecule has 0 aliphatic carbocycles. The first-order valence-electron chi connectivity index (χ1n) is 21.8. The van der Waals surface area contributed by atoms with Crippen molar-refractivity contribution >= 4 is 13.8 Å². The Morgan fingerprint density at radius 3 is 1.40 bits per heavy atom. The smallest absolute Gasteiger partial charge is 0.457 e. The van der Waals surface area contributed by atoms with E-state index in [4.69, 9.17) is 24.3 Å². The first-order valence-corrected chi connectivity index (χ1v) is 23.3. The number of phosphoric ester groups is 1. The minimum absolute atomic E-state index is 0.0970. The third-order valence-corrected chi connectivity index (χ3v) is 10.3. The lowest BCUT2D eigenvalue weighted by Gasteiger charge is -2.20. The summed E-state index contributed by atoms with van der Waals surface area (Å²) in [5.74, 6) is -0.339. The van der Waals surface area contributed by atoms with Crippen molar-refractivity contribution in [3.8, 4) is 0 Å². The first kappa shape index (κ1) is 51.0. The topological polar surface area (TPSA) is 117 Å². The predicted molar refractivity (Wildman–Crippen MR) is 220 cm³/mol. The van der Waals surface area contributed by atoms with E-state index in [0.717, 1.165) is 44.9 Å². The van der Waals surface area contributed by atoms with Crippen molar-refractivity contribution in [3.63, 3.8) is 0 Å². The molecule has 0 spiro atoms. The number of phosphoric acid groups is 1. The van der Waals surface area contributed by atoms with E-state index in [1.54, 1.807) is 0 Å². The Kier molecular flexibility index (Phi) is 40.3. The van der Waals surface area contributed by atoms with E-state index in [2.05, 4.69) is 38.2 Å². The zero-order valence-electron chi connectivity index (χ0n) is 34.1. The fraction of sp³-hybridized carbons (Fsp3) is 0.884. The van der Waals surface area contributed by atoms with Crippen LogP contribution in [0.1, 0.15) is 206 Å². The van der Waals surface area contributed by atoms with Crippen LogP contribution in [0.2, 0.25) is 0 Å². The molecule has 0 radical (unpaired) electrons. The Bertz CT molecular complexity index is 853. The van der Waals surface area contributed by atoms with E-state index < -0.39 is 13.9 Å². The van der Waals surface area contributed by atoms with E-state index in [-0.39, 0.29) is 32.3 Å². The van der Waals surface area contributed by atoms with Crippen molar-refractivity contribution in [1.29, 1.82) is 0 Å². The van der Waals surface area contributed by atoms with Gasteiger partial charge in [0.2, 0.25) is 0 Å². The van der Waals surface area contributed by atoms with Gasteiger partial charge in [-0.2, -0.15) is 0 Å². The number of rotatable bonds is 42. The molecule has 2 atom stereocenters. The molecule has 0 saturated carbocycles. The molecule has 0 aromatic heterocycles. The molecule has 0 heterocycles. The lowest BCUT2D eigenvalue weighted by Crippen LogP contribution is -2.28. The summed E-state index contributed by atoms with van der Waals surface area (Å²) in [5.41, 5.74) is 5.37. The number of unbranched alkanes of at least 4 members (excludes halogenated alkanes) is 25. The van der Waals surface area contributed by atoms with Crippen molar-refractivity contribution < 1.29 is 32.8 Å². The third-order valence-electron chi connectivity index (χ3n) is 9.34. The van der Waals surface area contributed by atoms with Gasteiger partial charge in [-0.05, 0) is 64.2 Å². The normalized spacial score (nSPS) is 13.7. The van der Waals surface area contributed by atoms with Gasteiger partial charge in [-0.3, -0.25) is 13.8 Å². The van der Waals surface area contributed by atoms with Crippen LogP contribution in [0.5, 0.6) is 0 Å². The predicted octanol–water partition coefficient (Wildman–Crippen LogP) is 12.9. The third kappa shape index (κ3) is 40.2. The number of carbonyl (C=O) groups excluding carboxylic acids is 1. The summed E-state index contributed by atoms with van der Waals surface area (Å²) in [5, 5.41) is 0. The molecule has 2 unspecified atom stereocenters. The Morgan fingerprint density at radius 2 is 0.962 bits per heavy atom. The van der Waals surface area contributed by atoms with Crippen LogP contribution in [-0.4, -0.2) is 49.9 Å². The van der Waals surface area contributed by atoms with Crippen LogP contribution in [0, 0.1) is 0 Å². The van der Waals surface area contributed by atoms with Crippen LogP contribution in [0.25, 0.3) is 0 Å². The van der Waals surface area contributed by atoms with Gasteiger partial charge < -0.3 is 20.1 Å². The highest BCUT2D eigenvalue weighted by molar-refractivity contribution is 7.47. The molecule has 0 rings (SSSR count). The summed E-state index contributed by atoms with van der Waals surface area (Å²) in [4.78, 5) is 22.5. The fourth-order valence-electron chi connectivity index (χ4n) is 6.10. The molecule has 0 aromatic carbocycles. The maximum atomic E-state index is 12.6. The van der Waals surface area contributed by atoms with Crippen LogP contribution >= 0.6 is 7.82 Å². The number of carbonyl (C=O) groups is 1. The molecule has 0 fully saturated rings. The van der Waals surface area contributed by atoms with Crippen molar-refractivity contribution in [1.82, 2.24) is 0 Å². The van der Waals surface area contributed by atoms with Crippen molar-refractivity contribution in [3.05, 3.63) is 24.3 Å². The maximum absolute atomic E-state index is 12.6. The van der Waals surface area contributed by atoms with Gasteiger partial charge in [0.1, 0.15) is 6.10 Å². The molecule has 0 amide bonds. The standard InChI is InChI=1S/C43H84NO7P/c1-3-5-7-9-11-13-15-17-19-20-21-23-25-27-29-31-33-35-38-48-40-42(41-50-52(46,47)49-39-37-44)51-43(45)36-34-32-30-28-26-24-22-18-16-14-12-10-8-6-4-2/h18,20-22,42H,3-17,19,23-41,44H2,1-2H3,(H,46,47). The largest absolute Gasteiger partial charge is 0.472 e. The first-order chi connectivity index (χ1) is 25.4. The van der Waals surface area contributed by atoms with Crippen molar-refractivity contribution in [2.24, 2.45) is 5.73 Å². The van der Waals surface area contributed by atoms with Gasteiger partial charge >= 0.3 is 13.8 Å². The fourth-order valence-corrected chi connectivity index (χ4v) is 6.87. The van der Waals surface area contributed by atoms with E-state index in [1.807, 2.05) is 0 Å². The monoisotopic (exact) mass is 758 g/mol. The van der Waals surface area contributed by atoms with Crippen LogP contribution < -0.4 is 5.73 Å². The molecule has 0 bridgehead atoms. The van der Waals surface area contributed by atoms with Crippen LogP contribution in [-0.2, 0) is 27.9 Å². The molecule has 8 nitrogen and oxygen atoms in total. The minimum atomic E-state index is -4.28. The quantitative estimate of drug-likeness (QED) is 0.0273. The van der Waals surface area contributed by atoms with Crippen molar-refractivity contribution in [2.45, 2.75) is 213 Å². The maximum Gasteiger partial charge on any atom is 0.472 e. The van der Waals surface area contributed by atoms with Gasteiger partial charge in [0.25, 0.3) is 0 Å². The molecule has 0 aromatic rings. The van der Waals surface area contributed by atoms with E-state index in [1.165, 1.54) is 141 Å². The summed E-state index contributed by atoms with van der Waals surface area (Å²) in [7, 11) is -4.28. The minimum Gasteiger partial charge on any atom is -0.457 e. The summed E-state index contributed by atoms with van der Waals surface area (Å²) >= 11 is 0. The summed E-state index contributed by atoms with van der Waals surface area (Å²) in [6.07, 6.45) is 44.8. The number of esters is 1. The zero-order valence-corrected chi connectivity index (χ0v) is 35.0. The number of hydrogen-bond acceptors (Lipinski definition) is 7. The lowest BCUT2D eigenvalue weighted by atomic mass is 10.1. The summed E-state index contributed by atoms with van der Waals surface area (Å²) in [6, 6.07) is 0. The molecule has 0 aliphatic heterocycles. The Labute approximate surface area is 321 Å². The molecular weight excluding hydrogens is 673 g/mol. The van der Waals surface area contributed by atoms with Gasteiger partial charge in [-0.15, -0.1) is 0 Å². The highest BCUT2D eigenvalue weighted by Crippen LogP contribution is 2.43. The van der Waals surface area contributed by atoms with Gasteiger partial charge in [0.15, 0.2) is 0 Å².